The van der Waals surface area contributed by atoms with E-state index in [1.54, 1.807) is 0 Å². The fourth-order valence-electron chi connectivity index (χ4n) is 2.74. The third kappa shape index (κ3) is 4.06. The maximum Gasteiger partial charge on any atom is 0.0367 e. The van der Waals surface area contributed by atoms with Crippen molar-refractivity contribution in [1.82, 2.24) is 15.2 Å². The Bertz CT molecular complexity index is 559. The topological polar surface area (TPSA) is 31.4 Å². The second-order valence-corrected chi connectivity index (χ2v) is 5.92. The number of hydrogen-bond acceptors (Lipinski definition) is 4. The van der Waals surface area contributed by atoms with E-state index in [1.165, 1.54) is 16.8 Å². The van der Waals surface area contributed by atoms with Crippen molar-refractivity contribution < 1.29 is 0 Å². The Balaban J connectivity index is 1.49. The first-order valence-electron chi connectivity index (χ1n) is 7.93. The Morgan fingerprint density at radius 3 is 2.09 bits per heavy atom. The van der Waals surface area contributed by atoms with Gasteiger partial charge >= 0.3 is 0 Å². The highest BCUT2D eigenvalue weighted by Gasteiger charge is 2.13. The lowest BCUT2D eigenvalue weighted by atomic mass is 10.1. The number of benzene rings is 1. The fraction of sp³-hybridized carbons (Fsp3) is 0.389. The summed E-state index contributed by atoms with van der Waals surface area (Å²) >= 11 is 0. The van der Waals surface area contributed by atoms with Crippen LogP contribution < -0.4 is 10.2 Å². The fourth-order valence-corrected chi connectivity index (χ4v) is 2.74. The van der Waals surface area contributed by atoms with Gasteiger partial charge in [-0.05, 0) is 42.4 Å². The van der Waals surface area contributed by atoms with Gasteiger partial charge in [-0.15, -0.1) is 0 Å². The van der Waals surface area contributed by atoms with Crippen molar-refractivity contribution in [2.45, 2.75) is 13.1 Å². The predicted octanol–water partition coefficient (Wildman–Crippen LogP) is 2.12. The van der Waals surface area contributed by atoms with Crippen LogP contribution in [0.5, 0.6) is 0 Å². The summed E-state index contributed by atoms with van der Waals surface area (Å²) in [5.74, 6) is 0. The van der Waals surface area contributed by atoms with Crippen LogP contribution in [0, 0.1) is 0 Å². The summed E-state index contributed by atoms with van der Waals surface area (Å²) in [6.07, 6.45) is 3.67. The molecule has 116 valence electrons. The number of hydrogen-bond donors (Lipinski definition) is 1. The molecule has 3 rings (SSSR count). The summed E-state index contributed by atoms with van der Waals surface area (Å²) in [6, 6.07) is 13.0. The van der Waals surface area contributed by atoms with Gasteiger partial charge in [0.05, 0.1) is 0 Å². The minimum Gasteiger partial charge on any atom is -0.369 e. The normalized spacial score (nSPS) is 16.0. The Morgan fingerprint density at radius 2 is 1.45 bits per heavy atom. The highest BCUT2D eigenvalue weighted by Crippen LogP contribution is 2.17. The van der Waals surface area contributed by atoms with Crippen LogP contribution in [0.25, 0.3) is 0 Å². The van der Waals surface area contributed by atoms with Crippen LogP contribution in [-0.2, 0) is 13.1 Å². The lowest BCUT2D eigenvalue weighted by Gasteiger charge is -2.34. The molecule has 2 aromatic rings. The maximum absolute atomic E-state index is 4.03. The third-order valence-electron chi connectivity index (χ3n) is 4.21. The maximum atomic E-state index is 4.03. The van der Waals surface area contributed by atoms with E-state index in [-0.39, 0.29) is 0 Å². The van der Waals surface area contributed by atoms with Gasteiger partial charge in [0.25, 0.3) is 0 Å². The first-order chi connectivity index (χ1) is 10.8. The van der Waals surface area contributed by atoms with Gasteiger partial charge in [-0.3, -0.25) is 4.98 Å². The van der Waals surface area contributed by atoms with Crippen LogP contribution in [0.15, 0.2) is 48.8 Å². The Labute approximate surface area is 132 Å². The molecule has 0 atom stereocenters. The SMILES string of the molecule is CN1CCN(c2ccc(CNCc3ccncc3)cc2)CC1. The molecule has 0 unspecified atom stereocenters. The summed E-state index contributed by atoms with van der Waals surface area (Å²) in [7, 11) is 2.19. The molecule has 0 amide bonds. The molecule has 0 spiro atoms. The number of nitrogens with one attached hydrogen (secondary N) is 1. The van der Waals surface area contributed by atoms with Gasteiger partial charge in [-0.2, -0.15) is 0 Å². The average Bonchev–Trinajstić information content (AvgIpc) is 2.57. The molecule has 0 saturated carbocycles. The molecule has 1 aromatic heterocycles. The number of pyridine rings is 1. The largest absolute Gasteiger partial charge is 0.369 e. The van der Waals surface area contributed by atoms with E-state index >= 15 is 0 Å². The van der Waals surface area contributed by atoms with E-state index < -0.39 is 0 Å². The van der Waals surface area contributed by atoms with Crippen molar-refractivity contribution in [3.8, 4) is 0 Å². The highest BCUT2D eigenvalue weighted by atomic mass is 15.2. The summed E-state index contributed by atoms with van der Waals surface area (Å²) in [6.45, 7) is 6.31. The van der Waals surface area contributed by atoms with Crippen molar-refractivity contribution >= 4 is 5.69 Å². The molecule has 0 aliphatic carbocycles. The Morgan fingerprint density at radius 1 is 0.864 bits per heavy atom. The van der Waals surface area contributed by atoms with Crippen LogP contribution >= 0.6 is 0 Å². The number of piperazine rings is 1. The van der Waals surface area contributed by atoms with Gasteiger partial charge < -0.3 is 15.1 Å². The van der Waals surface area contributed by atoms with E-state index in [4.69, 9.17) is 0 Å². The molecule has 1 aliphatic rings. The zero-order valence-corrected chi connectivity index (χ0v) is 13.2. The lowest BCUT2D eigenvalue weighted by molar-refractivity contribution is 0.313. The molecule has 0 radical (unpaired) electrons. The lowest BCUT2D eigenvalue weighted by Crippen LogP contribution is -2.44. The molecule has 4 nitrogen and oxygen atoms in total. The quantitative estimate of drug-likeness (QED) is 0.916. The van der Waals surface area contributed by atoms with E-state index in [1.807, 2.05) is 24.5 Å². The van der Waals surface area contributed by atoms with Crippen LogP contribution in [0.1, 0.15) is 11.1 Å². The van der Waals surface area contributed by atoms with Gasteiger partial charge in [0, 0.05) is 57.3 Å². The van der Waals surface area contributed by atoms with Crippen LogP contribution in [0.4, 0.5) is 5.69 Å². The molecule has 22 heavy (non-hydrogen) atoms. The van der Waals surface area contributed by atoms with E-state index in [2.05, 4.69) is 51.4 Å². The Kier molecular flexibility index (Phi) is 5.03. The first kappa shape index (κ1) is 15.0. The van der Waals surface area contributed by atoms with Crippen LogP contribution in [-0.4, -0.2) is 43.1 Å². The first-order valence-corrected chi connectivity index (χ1v) is 7.93. The minimum atomic E-state index is 0.878. The molecule has 2 heterocycles. The molecule has 1 N–H and O–H groups in total. The third-order valence-corrected chi connectivity index (χ3v) is 4.21. The number of anilines is 1. The Hall–Kier alpha value is -1.91. The molecule has 1 fully saturated rings. The minimum absolute atomic E-state index is 0.878. The molecule has 1 aromatic carbocycles. The smallest absolute Gasteiger partial charge is 0.0367 e. The van der Waals surface area contributed by atoms with Crippen molar-refractivity contribution in [3.63, 3.8) is 0 Å². The van der Waals surface area contributed by atoms with E-state index in [9.17, 15) is 0 Å². The van der Waals surface area contributed by atoms with Gasteiger partial charge in [-0.25, -0.2) is 0 Å². The van der Waals surface area contributed by atoms with Gasteiger partial charge in [-0.1, -0.05) is 12.1 Å². The molecule has 1 saturated heterocycles. The zero-order chi connectivity index (χ0) is 15.2. The van der Waals surface area contributed by atoms with E-state index in [0.717, 1.165) is 39.3 Å². The van der Waals surface area contributed by atoms with E-state index in [0.29, 0.717) is 0 Å². The molecule has 1 aliphatic heterocycles. The summed E-state index contributed by atoms with van der Waals surface area (Å²) in [4.78, 5) is 8.88. The molecule has 0 bridgehead atoms. The second-order valence-electron chi connectivity index (χ2n) is 5.92. The number of nitrogens with zero attached hydrogens (tertiary/aromatic N) is 3. The second kappa shape index (κ2) is 7.38. The highest BCUT2D eigenvalue weighted by molar-refractivity contribution is 5.48. The number of rotatable bonds is 5. The van der Waals surface area contributed by atoms with Crippen molar-refractivity contribution in [2.24, 2.45) is 0 Å². The van der Waals surface area contributed by atoms with Gasteiger partial charge in [0.15, 0.2) is 0 Å². The summed E-state index contributed by atoms with van der Waals surface area (Å²) in [5, 5.41) is 3.47. The van der Waals surface area contributed by atoms with Gasteiger partial charge in [0.1, 0.15) is 0 Å². The predicted molar refractivity (Wildman–Crippen MR) is 90.9 cm³/mol. The van der Waals surface area contributed by atoms with Crippen LogP contribution in [0.3, 0.4) is 0 Å². The number of likely N-dealkylation sites (N-methyl/N-ethyl adjacent to an activating group) is 1. The molecular formula is C18H24N4. The monoisotopic (exact) mass is 296 g/mol. The van der Waals surface area contributed by atoms with Crippen LogP contribution in [0.2, 0.25) is 0 Å². The standard InChI is InChI=1S/C18H24N4/c1-21-10-12-22(13-11-21)18-4-2-16(3-5-18)14-20-15-17-6-8-19-9-7-17/h2-9,20H,10-15H2,1H3. The van der Waals surface area contributed by atoms with Crippen molar-refractivity contribution in [2.75, 3.05) is 38.1 Å². The molecular weight excluding hydrogens is 272 g/mol. The summed E-state index contributed by atoms with van der Waals surface area (Å²) < 4.78 is 0. The van der Waals surface area contributed by atoms with Gasteiger partial charge in [0.2, 0.25) is 0 Å². The molecule has 4 heteroatoms. The van der Waals surface area contributed by atoms with Crippen molar-refractivity contribution in [1.29, 1.82) is 0 Å². The number of aromatic nitrogens is 1. The zero-order valence-electron chi connectivity index (χ0n) is 13.2. The average molecular weight is 296 g/mol. The summed E-state index contributed by atoms with van der Waals surface area (Å²) in [5.41, 5.74) is 3.93. The van der Waals surface area contributed by atoms with Crippen molar-refractivity contribution in [3.05, 3.63) is 59.9 Å².